The van der Waals surface area contributed by atoms with Crippen molar-refractivity contribution in [3.63, 3.8) is 0 Å². The number of hydrogen-bond acceptors (Lipinski definition) is 3. The van der Waals surface area contributed by atoms with Crippen LogP contribution in [0.3, 0.4) is 0 Å². The molecule has 2 aromatic carbocycles. The summed E-state index contributed by atoms with van der Waals surface area (Å²) in [4.78, 5) is 4.45. The summed E-state index contributed by atoms with van der Waals surface area (Å²) in [5.41, 5.74) is 17.3. The van der Waals surface area contributed by atoms with Crippen molar-refractivity contribution in [1.82, 2.24) is 4.98 Å². The second-order valence-electron chi connectivity index (χ2n) is 5.29. The summed E-state index contributed by atoms with van der Waals surface area (Å²) in [5.74, 6) is 0.562. The normalized spacial score (nSPS) is 10.0. The Labute approximate surface area is 148 Å². The van der Waals surface area contributed by atoms with Crippen LogP contribution in [0.4, 0.5) is 5.82 Å². The molecule has 3 aromatic rings. The average Bonchev–Trinajstić information content (AvgIpc) is 2.47. The van der Waals surface area contributed by atoms with Gasteiger partial charge in [0.05, 0.1) is 5.52 Å². The lowest BCUT2D eigenvalue weighted by molar-refractivity contribution is 0.971. The number of rotatable bonds is 3. The molecule has 122 valence electrons. The predicted molar refractivity (Wildman–Crippen MR) is 104 cm³/mol. The van der Waals surface area contributed by atoms with Crippen molar-refractivity contribution in [3.8, 4) is 11.1 Å². The van der Waals surface area contributed by atoms with Gasteiger partial charge in [0, 0.05) is 5.39 Å². The fraction of sp³-hybridized carbons (Fsp3) is 0.167. The highest BCUT2D eigenvalue weighted by atomic mass is 35.5. The van der Waals surface area contributed by atoms with E-state index in [9.17, 15) is 0 Å². The Morgan fingerprint density at radius 1 is 1.00 bits per heavy atom. The van der Waals surface area contributed by atoms with Crippen molar-refractivity contribution >= 4 is 41.5 Å². The number of nitrogen functional groups attached to an aromatic ring is 1. The molecule has 1 heterocycles. The average molecular weight is 350 g/mol. The minimum absolute atomic E-state index is 0. The van der Waals surface area contributed by atoms with Gasteiger partial charge < -0.3 is 11.5 Å². The van der Waals surface area contributed by atoms with Crippen LogP contribution in [-0.4, -0.2) is 11.5 Å². The molecule has 0 aliphatic heterocycles. The third kappa shape index (κ3) is 3.94. The van der Waals surface area contributed by atoms with Crippen molar-refractivity contribution in [2.24, 2.45) is 5.73 Å². The number of fused-ring (bicyclic) bond motifs is 1. The SMILES string of the molecule is Cc1cc(N)nc2cc(-c3ccccc3CCN)ccc12.Cl.Cl. The molecule has 5 heteroatoms. The molecule has 0 aliphatic carbocycles. The summed E-state index contributed by atoms with van der Waals surface area (Å²) in [7, 11) is 0. The molecule has 3 rings (SSSR count). The molecule has 1 aromatic heterocycles. The lowest BCUT2D eigenvalue weighted by atomic mass is 9.96. The first-order valence-electron chi connectivity index (χ1n) is 7.14. The van der Waals surface area contributed by atoms with Crippen molar-refractivity contribution in [1.29, 1.82) is 0 Å². The molecule has 3 nitrogen and oxygen atoms in total. The van der Waals surface area contributed by atoms with E-state index in [1.807, 2.05) is 6.07 Å². The molecule has 0 spiro atoms. The van der Waals surface area contributed by atoms with Crippen LogP contribution >= 0.6 is 24.8 Å². The van der Waals surface area contributed by atoms with Gasteiger partial charge in [-0.1, -0.05) is 36.4 Å². The third-order valence-corrected chi connectivity index (χ3v) is 3.78. The monoisotopic (exact) mass is 349 g/mol. The minimum Gasteiger partial charge on any atom is -0.384 e. The number of nitrogens with two attached hydrogens (primary N) is 2. The summed E-state index contributed by atoms with van der Waals surface area (Å²) >= 11 is 0. The number of anilines is 1. The number of nitrogens with zero attached hydrogens (tertiary/aromatic N) is 1. The fourth-order valence-corrected chi connectivity index (χ4v) is 2.77. The number of aryl methyl sites for hydroxylation is 1. The molecule has 0 atom stereocenters. The lowest BCUT2D eigenvalue weighted by Crippen LogP contribution is -2.03. The molecule has 0 aliphatic rings. The Morgan fingerprint density at radius 2 is 1.74 bits per heavy atom. The van der Waals surface area contributed by atoms with Crippen LogP contribution in [0.5, 0.6) is 0 Å². The summed E-state index contributed by atoms with van der Waals surface area (Å²) in [6, 6.07) is 16.6. The number of hydrogen-bond donors (Lipinski definition) is 2. The maximum atomic E-state index is 5.86. The van der Waals surface area contributed by atoms with Gasteiger partial charge in [-0.3, -0.25) is 0 Å². The highest BCUT2D eigenvalue weighted by Crippen LogP contribution is 2.28. The number of halogens is 2. The van der Waals surface area contributed by atoms with E-state index in [0.717, 1.165) is 28.5 Å². The largest absolute Gasteiger partial charge is 0.384 e. The Morgan fingerprint density at radius 3 is 2.48 bits per heavy atom. The standard InChI is InChI=1S/C18H19N3.2ClH/c1-12-10-18(20)21-17-11-14(6-7-15(12)17)16-5-3-2-4-13(16)8-9-19;;/h2-7,10-11H,8-9,19H2,1H3,(H2,20,21);2*1H. The first kappa shape index (κ1) is 19.2. The Bertz CT molecular complexity index is 803. The van der Waals surface area contributed by atoms with Crippen LogP contribution in [0.15, 0.2) is 48.5 Å². The van der Waals surface area contributed by atoms with Crippen molar-refractivity contribution < 1.29 is 0 Å². The van der Waals surface area contributed by atoms with E-state index < -0.39 is 0 Å². The van der Waals surface area contributed by atoms with Crippen LogP contribution in [0, 0.1) is 6.92 Å². The maximum Gasteiger partial charge on any atom is 0.124 e. The zero-order valence-electron chi connectivity index (χ0n) is 13.0. The van der Waals surface area contributed by atoms with E-state index in [1.165, 1.54) is 11.1 Å². The highest BCUT2D eigenvalue weighted by Gasteiger charge is 2.07. The summed E-state index contributed by atoms with van der Waals surface area (Å²) < 4.78 is 0. The Kier molecular flexibility index (Phi) is 6.82. The van der Waals surface area contributed by atoms with Crippen LogP contribution in [-0.2, 0) is 6.42 Å². The second-order valence-corrected chi connectivity index (χ2v) is 5.29. The van der Waals surface area contributed by atoms with Crippen molar-refractivity contribution in [2.45, 2.75) is 13.3 Å². The first-order valence-corrected chi connectivity index (χ1v) is 7.14. The summed E-state index contributed by atoms with van der Waals surface area (Å²) in [5, 5.41) is 1.14. The Hall–Kier alpha value is -1.81. The lowest BCUT2D eigenvalue weighted by Gasteiger charge is -2.10. The molecule has 0 saturated carbocycles. The van der Waals surface area contributed by atoms with Gasteiger partial charge in [-0.2, -0.15) is 0 Å². The van der Waals surface area contributed by atoms with Gasteiger partial charge in [-0.25, -0.2) is 4.98 Å². The molecule has 0 amide bonds. The molecule has 0 fully saturated rings. The smallest absolute Gasteiger partial charge is 0.124 e. The van der Waals surface area contributed by atoms with E-state index in [-0.39, 0.29) is 24.8 Å². The number of benzene rings is 2. The quantitative estimate of drug-likeness (QED) is 0.746. The molecule has 0 bridgehead atoms. The minimum atomic E-state index is 0. The van der Waals surface area contributed by atoms with Crippen molar-refractivity contribution in [2.75, 3.05) is 12.3 Å². The zero-order chi connectivity index (χ0) is 14.8. The predicted octanol–water partition coefficient (Wildman–Crippen LogP) is 4.14. The first-order chi connectivity index (χ1) is 10.2. The molecule has 23 heavy (non-hydrogen) atoms. The van der Waals surface area contributed by atoms with Gasteiger partial charge in [-0.15, -0.1) is 24.8 Å². The van der Waals surface area contributed by atoms with Gasteiger partial charge in [0.25, 0.3) is 0 Å². The van der Waals surface area contributed by atoms with Crippen molar-refractivity contribution in [3.05, 3.63) is 59.7 Å². The van der Waals surface area contributed by atoms with E-state index >= 15 is 0 Å². The molecule has 0 unspecified atom stereocenters. The van der Waals surface area contributed by atoms with Crippen LogP contribution in [0.25, 0.3) is 22.0 Å². The molecule has 0 saturated heterocycles. The molecular formula is C18H21Cl2N3. The Balaban J connectivity index is 0.00000132. The molecule has 0 radical (unpaired) electrons. The molecular weight excluding hydrogens is 329 g/mol. The maximum absolute atomic E-state index is 5.86. The van der Waals surface area contributed by atoms with Gasteiger partial charge in [0.15, 0.2) is 0 Å². The zero-order valence-corrected chi connectivity index (χ0v) is 14.6. The third-order valence-electron chi connectivity index (χ3n) is 3.78. The van der Waals surface area contributed by atoms with E-state index in [1.54, 1.807) is 0 Å². The highest BCUT2D eigenvalue weighted by molar-refractivity contribution is 5.88. The topological polar surface area (TPSA) is 64.9 Å². The second kappa shape index (κ2) is 8.16. The van der Waals surface area contributed by atoms with E-state index in [2.05, 4.69) is 54.4 Å². The van der Waals surface area contributed by atoms with Gasteiger partial charge in [0.2, 0.25) is 0 Å². The van der Waals surface area contributed by atoms with E-state index in [4.69, 9.17) is 11.5 Å². The van der Waals surface area contributed by atoms with E-state index in [0.29, 0.717) is 12.4 Å². The van der Waals surface area contributed by atoms with Crippen LogP contribution < -0.4 is 11.5 Å². The van der Waals surface area contributed by atoms with Gasteiger partial charge in [-0.05, 0) is 54.3 Å². The van der Waals surface area contributed by atoms with Crippen LogP contribution in [0.2, 0.25) is 0 Å². The summed E-state index contributed by atoms with van der Waals surface area (Å²) in [6.07, 6.45) is 0.873. The number of pyridine rings is 1. The fourth-order valence-electron chi connectivity index (χ4n) is 2.77. The van der Waals surface area contributed by atoms with Crippen LogP contribution in [0.1, 0.15) is 11.1 Å². The van der Waals surface area contributed by atoms with Gasteiger partial charge in [0.1, 0.15) is 5.82 Å². The molecule has 4 N–H and O–H groups in total. The van der Waals surface area contributed by atoms with Gasteiger partial charge >= 0.3 is 0 Å². The summed E-state index contributed by atoms with van der Waals surface area (Å²) in [6.45, 7) is 2.71. The number of aromatic nitrogens is 1.